The van der Waals surface area contributed by atoms with E-state index in [1.54, 1.807) is 29.2 Å². The second-order valence-corrected chi connectivity index (χ2v) is 14.8. The van der Waals surface area contributed by atoms with Crippen molar-refractivity contribution in [1.29, 1.82) is 0 Å². The van der Waals surface area contributed by atoms with Gasteiger partial charge in [-0.15, -0.1) is 5.92 Å². The van der Waals surface area contributed by atoms with Gasteiger partial charge in [0.2, 0.25) is 17.7 Å². The number of rotatable bonds is 14. The summed E-state index contributed by atoms with van der Waals surface area (Å²) in [5.41, 5.74) is 2.94. The van der Waals surface area contributed by atoms with Crippen LogP contribution in [0, 0.1) is 17.7 Å². The standard InChI is InChI=1S/C43H44ClFN8O5/c1-2-39(54)49-35-25-31-34(46-27-47-41(31)48-28-13-14-33(45)32(44)24-28)26-38(35)58-23-9-18-52-21-19-51(20-22-52)17-8-4-3-5-12-36-29-10-6-7-11-30(29)43(57)53(36)37-15-16-40(55)50-42(37)56/h2,6-7,10-11,13-14,24-27,36-37H,1,3-4,8-9,15-23H2,(H,49,54)(H,46,47,48)(H,50,55,56). The van der Waals surface area contributed by atoms with Gasteiger partial charge in [0.05, 0.1) is 22.8 Å². The van der Waals surface area contributed by atoms with Gasteiger partial charge in [-0.2, -0.15) is 0 Å². The molecule has 58 heavy (non-hydrogen) atoms. The number of carbonyl (C=O) groups is 4. The van der Waals surface area contributed by atoms with Gasteiger partial charge in [0, 0.05) is 68.3 Å². The highest BCUT2D eigenvalue weighted by Gasteiger charge is 2.44. The number of hydrogen-bond donors (Lipinski definition) is 3. The molecule has 0 aliphatic carbocycles. The molecule has 4 aromatic rings. The Bertz CT molecular complexity index is 2290. The van der Waals surface area contributed by atoms with Crippen molar-refractivity contribution in [1.82, 2.24) is 30.0 Å². The lowest BCUT2D eigenvalue weighted by atomic mass is 10.0. The summed E-state index contributed by atoms with van der Waals surface area (Å²) < 4.78 is 19.9. The Balaban J connectivity index is 0.857. The highest BCUT2D eigenvalue weighted by molar-refractivity contribution is 6.31. The minimum atomic E-state index is -0.720. The van der Waals surface area contributed by atoms with Gasteiger partial charge in [-0.25, -0.2) is 14.4 Å². The van der Waals surface area contributed by atoms with Crippen LogP contribution in [0.15, 0.2) is 73.6 Å². The van der Waals surface area contributed by atoms with Gasteiger partial charge in [0.15, 0.2) is 0 Å². The number of ether oxygens (including phenoxy) is 1. The molecule has 3 N–H and O–H groups in total. The van der Waals surface area contributed by atoms with E-state index in [-0.39, 0.29) is 23.3 Å². The molecule has 4 heterocycles. The van der Waals surface area contributed by atoms with Gasteiger partial charge < -0.3 is 30.1 Å². The van der Waals surface area contributed by atoms with Crippen LogP contribution in [0.25, 0.3) is 10.9 Å². The Morgan fingerprint density at radius 2 is 1.79 bits per heavy atom. The van der Waals surface area contributed by atoms with Crippen LogP contribution in [0.3, 0.4) is 0 Å². The summed E-state index contributed by atoms with van der Waals surface area (Å²) in [5, 5.41) is 8.93. The third-order valence-corrected chi connectivity index (χ3v) is 10.8. The molecule has 1 aromatic heterocycles. The third kappa shape index (κ3) is 9.45. The summed E-state index contributed by atoms with van der Waals surface area (Å²) in [6, 6.07) is 13.9. The Kier molecular flexibility index (Phi) is 12.9. The number of piperazine rings is 1. The van der Waals surface area contributed by atoms with Gasteiger partial charge >= 0.3 is 0 Å². The topological polar surface area (TPSA) is 149 Å². The predicted octanol–water partition coefficient (Wildman–Crippen LogP) is 5.85. The maximum absolute atomic E-state index is 13.7. The molecule has 2 fully saturated rings. The molecule has 3 aliphatic heterocycles. The summed E-state index contributed by atoms with van der Waals surface area (Å²) in [6.07, 6.45) is 6.47. The fourth-order valence-electron chi connectivity index (χ4n) is 7.47. The van der Waals surface area contributed by atoms with E-state index in [0.29, 0.717) is 58.9 Å². The zero-order valence-electron chi connectivity index (χ0n) is 31.9. The number of amides is 4. The lowest BCUT2D eigenvalue weighted by molar-refractivity contribution is -0.137. The lowest BCUT2D eigenvalue weighted by Crippen LogP contribution is -2.53. The second kappa shape index (κ2) is 18.6. The molecule has 2 unspecified atom stereocenters. The Morgan fingerprint density at radius 1 is 1.02 bits per heavy atom. The number of benzene rings is 3. The number of nitrogens with zero attached hydrogens (tertiary/aromatic N) is 5. The molecule has 3 aromatic carbocycles. The smallest absolute Gasteiger partial charge is 0.256 e. The van der Waals surface area contributed by atoms with Crippen LogP contribution in [-0.2, 0) is 14.4 Å². The number of hydrogen-bond acceptors (Lipinski definition) is 10. The van der Waals surface area contributed by atoms with Crippen molar-refractivity contribution in [2.24, 2.45) is 0 Å². The number of imide groups is 1. The molecule has 13 nitrogen and oxygen atoms in total. The van der Waals surface area contributed by atoms with Crippen LogP contribution in [-0.4, -0.2) is 100 Å². The number of halogens is 2. The zero-order chi connectivity index (χ0) is 40.6. The van der Waals surface area contributed by atoms with Crippen molar-refractivity contribution in [2.45, 2.75) is 50.6 Å². The van der Waals surface area contributed by atoms with Crippen LogP contribution in [0.5, 0.6) is 5.75 Å². The lowest BCUT2D eigenvalue weighted by Gasteiger charge is -2.34. The van der Waals surface area contributed by atoms with Gasteiger partial charge in [-0.05, 0) is 74.2 Å². The molecular weight excluding hydrogens is 763 g/mol. The molecule has 0 spiro atoms. The van der Waals surface area contributed by atoms with Crippen LogP contribution in [0.1, 0.15) is 60.5 Å². The molecule has 7 rings (SSSR count). The number of fused-ring (bicyclic) bond motifs is 2. The van der Waals surface area contributed by atoms with Crippen LogP contribution in [0.2, 0.25) is 5.02 Å². The summed E-state index contributed by atoms with van der Waals surface area (Å²) in [5.74, 6) is 5.57. The van der Waals surface area contributed by atoms with Crippen molar-refractivity contribution >= 4 is 63.3 Å². The first-order chi connectivity index (χ1) is 28.2. The highest BCUT2D eigenvalue weighted by atomic mass is 35.5. The van der Waals surface area contributed by atoms with E-state index in [4.69, 9.17) is 16.3 Å². The van der Waals surface area contributed by atoms with E-state index >= 15 is 0 Å². The van der Waals surface area contributed by atoms with E-state index in [1.807, 2.05) is 18.2 Å². The van der Waals surface area contributed by atoms with E-state index in [0.717, 1.165) is 64.1 Å². The summed E-state index contributed by atoms with van der Waals surface area (Å²) >= 11 is 5.97. The largest absolute Gasteiger partial charge is 0.491 e. The van der Waals surface area contributed by atoms with Gasteiger partial charge in [0.1, 0.15) is 35.8 Å². The normalized spacial score (nSPS) is 18.3. The zero-order valence-corrected chi connectivity index (χ0v) is 32.7. The predicted molar refractivity (Wildman–Crippen MR) is 219 cm³/mol. The highest BCUT2D eigenvalue weighted by Crippen LogP contribution is 2.37. The average Bonchev–Trinajstić information content (AvgIpc) is 3.50. The molecule has 0 bridgehead atoms. The second-order valence-electron chi connectivity index (χ2n) is 14.4. The summed E-state index contributed by atoms with van der Waals surface area (Å²) in [7, 11) is 0. The molecule has 2 saturated heterocycles. The van der Waals surface area contributed by atoms with Gasteiger partial charge in [-0.3, -0.25) is 24.5 Å². The first kappa shape index (κ1) is 40.3. The van der Waals surface area contributed by atoms with Crippen LogP contribution < -0.4 is 20.7 Å². The van der Waals surface area contributed by atoms with Crippen molar-refractivity contribution < 1.29 is 28.3 Å². The number of aromatic nitrogens is 2. The first-order valence-electron chi connectivity index (χ1n) is 19.4. The number of piperidine rings is 1. The Labute approximate surface area is 341 Å². The Hall–Kier alpha value is -5.88. The molecule has 0 radical (unpaired) electrons. The minimum absolute atomic E-state index is 0.0229. The van der Waals surface area contributed by atoms with E-state index in [2.05, 4.69) is 54.1 Å². The SMILES string of the molecule is C=CC(=O)Nc1cc2c(Nc3ccc(F)c(Cl)c3)ncnc2cc1OCCCN1CCN(CCCCC#CC2c3ccccc3C(=O)N2C2CCC(=O)NC2=O)CC1. The number of unbranched alkanes of at least 4 members (excludes halogenated alkanes) is 2. The van der Waals surface area contributed by atoms with Crippen molar-refractivity contribution in [3.63, 3.8) is 0 Å². The van der Waals surface area contributed by atoms with Gasteiger partial charge in [-0.1, -0.05) is 42.3 Å². The summed E-state index contributed by atoms with van der Waals surface area (Å²) in [4.78, 5) is 65.3. The number of anilines is 3. The molecular formula is C43H44ClFN8O5. The molecule has 300 valence electrons. The van der Waals surface area contributed by atoms with Crippen molar-refractivity contribution in [3.05, 3.63) is 95.5 Å². The number of carbonyl (C=O) groups excluding carboxylic acids is 4. The molecule has 15 heteroatoms. The monoisotopic (exact) mass is 806 g/mol. The maximum atomic E-state index is 13.7. The average molecular weight is 807 g/mol. The van der Waals surface area contributed by atoms with E-state index in [9.17, 15) is 23.6 Å². The van der Waals surface area contributed by atoms with Crippen LogP contribution >= 0.6 is 11.6 Å². The molecule has 3 aliphatic rings. The fourth-order valence-corrected chi connectivity index (χ4v) is 7.65. The van der Waals surface area contributed by atoms with Gasteiger partial charge in [0.25, 0.3) is 5.91 Å². The molecule has 4 amide bonds. The summed E-state index contributed by atoms with van der Waals surface area (Å²) in [6.45, 7) is 9.68. The van der Waals surface area contributed by atoms with Crippen molar-refractivity contribution in [2.75, 3.05) is 56.5 Å². The Morgan fingerprint density at radius 3 is 2.55 bits per heavy atom. The minimum Gasteiger partial charge on any atom is -0.491 e. The van der Waals surface area contributed by atoms with E-state index < -0.39 is 29.7 Å². The molecule has 0 saturated carbocycles. The van der Waals surface area contributed by atoms with Crippen LogP contribution in [0.4, 0.5) is 21.6 Å². The first-order valence-corrected chi connectivity index (χ1v) is 19.8. The van der Waals surface area contributed by atoms with E-state index in [1.165, 1.54) is 24.5 Å². The number of nitrogens with one attached hydrogen (secondary N) is 3. The molecule has 2 atom stereocenters. The van der Waals surface area contributed by atoms with Crippen molar-refractivity contribution in [3.8, 4) is 17.6 Å². The fraction of sp³-hybridized carbons (Fsp3) is 0.349. The third-order valence-electron chi connectivity index (χ3n) is 10.5. The quantitative estimate of drug-likeness (QED) is 0.0613. The maximum Gasteiger partial charge on any atom is 0.256 e.